The zero-order chi connectivity index (χ0) is 25.5. The molecule has 2 aliphatic rings. The van der Waals surface area contributed by atoms with Gasteiger partial charge in [0.2, 0.25) is 0 Å². The van der Waals surface area contributed by atoms with Crippen LogP contribution >= 0.6 is 0 Å². The van der Waals surface area contributed by atoms with E-state index in [0.717, 1.165) is 45.5 Å². The van der Waals surface area contributed by atoms with E-state index in [0.29, 0.717) is 17.5 Å². The van der Waals surface area contributed by atoms with Crippen molar-refractivity contribution in [3.05, 3.63) is 108 Å². The Kier molecular flexibility index (Phi) is 5.98. The number of nitrogens with one attached hydrogen (secondary N) is 1. The molecule has 1 atom stereocenters. The first kappa shape index (κ1) is 23.9. The third-order valence-electron chi connectivity index (χ3n) is 7.15. The summed E-state index contributed by atoms with van der Waals surface area (Å²) >= 11 is 0. The minimum atomic E-state index is -4.25. The lowest BCUT2D eigenvalue weighted by Gasteiger charge is -2.36. The lowest BCUT2D eigenvalue weighted by molar-refractivity contribution is 0.0879. The lowest BCUT2D eigenvalue weighted by atomic mass is 9.78. The zero-order valence-corrected chi connectivity index (χ0v) is 20.3. The summed E-state index contributed by atoms with van der Waals surface area (Å²) in [6, 6.07) is 23.0. The van der Waals surface area contributed by atoms with E-state index in [-0.39, 0.29) is 18.2 Å². The second-order valence-electron chi connectivity index (χ2n) is 9.12. The van der Waals surface area contributed by atoms with Crippen molar-refractivity contribution >= 4 is 43.5 Å². The molecule has 182 valence electrons. The fourth-order valence-electron chi connectivity index (χ4n) is 5.47. The Morgan fingerprint density at radius 1 is 0.861 bits per heavy atom. The number of hydrogen-bond acceptors (Lipinski definition) is 4. The second kappa shape index (κ2) is 9.00. The average molecular weight is 500 g/mol. The molecule has 6 nitrogen and oxygen atoms in total. The van der Waals surface area contributed by atoms with Crippen LogP contribution < -0.4 is 5.32 Å². The number of aryl methyl sites for hydroxylation is 1. The topological polar surface area (TPSA) is 101 Å². The summed E-state index contributed by atoms with van der Waals surface area (Å²) in [5.74, 6) is -0.601. The van der Waals surface area contributed by atoms with Crippen LogP contribution in [0.15, 0.2) is 85.5 Å². The smallest absolute Gasteiger partial charge is 0.275 e. The predicted octanol–water partition coefficient (Wildman–Crippen LogP) is 5.56. The molecule has 0 saturated heterocycles. The van der Waals surface area contributed by atoms with Crippen LogP contribution in [0.25, 0.3) is 21.5 Å². The van der Waals surface area contributed by atoms with Crippen LogP contribution in [0.2, 0.25) is 0 Å². The van der Waals surface area contributed by atoms with Gasteiger partial charge in [0, 0.05) is 0 Å². The molecule has 4 aromatic carbocycles. The van der Waals surface area contributed by atoms with Gasteiger partial charge in [-0.15, -0.1) is 6.58 Å². The average Bonchev–Trinajstić information content (AvgIpc) is 3.17. The molecule has 0 bridgehead atoms. The van der Waals surface area contributed by atoms with Crippen LogP contribution in [0.4, 0.5) is 0 Å². The number of fused-ring (bicyclic) bond motifs is 6. The molecular weight excluding hydrogens is 474 g/mol. The predicted molar refractivity (Wildman–Crippen MR) is 141 cm³/mol. The highest BCUT2D eigenvalue weighted by Gasteiger charge is 2.46. The number of imide groups is 1. The van der Waals surface area contributed by atoms with Crippen LogP contribution in [0.3, 0.4) is 0 Å². The molecule has 1 aliphatic carbocycles. The van der Waals surface area contributed by atoms with Gasteiger partial charge in [-0.3, -0.25) is 19.5 Å². The fourth-order valence-corrected chi connectivity index (χ4v) is 6.67. The lowest BCUT2D eigenvalue weighted by Crippen LogP contribution is -2.38. The van der Waals surface area contributed by atoms with E-state index in [1.165, 1.54) is 0 Å². The monoisotopic (exact) mass is 499 g/mol. The van der Waals surface area contributed by atoms with E-state index in [1.807, 2.05) is 24.3 Å². The largest absolute Gasteiger partial charge is 0.288 e. The van der Waals surface area contributed by atoms with Crippen molar-refractivity contribution in [3.63, 3.8) is 0 Å². The van der Waals surface area contributed by atoms with Gasteiger partial charge in [-0.05, 0) is 70.5 Å². The molecular formula is C29H25NO5S. The van der Waals surface area contributed by atoms with Crippen molar-refractivity contribution in [2.24, 2.45) is 0 Å². The Morgan fingerprint density at radius 2 is 1.50 bits per heavy atom. The molecule has 2 N–H and O–H groups in total. The minimum absolute atomic E-state index is 0.220. The summed E-state index contributed by atoms with van der Waals surface area (Å²) in [4.78, 5) is 21.9. The fraction of sp³-hybridized carbons (Fsp3) is 0.172. The van der Waals surface area contributed by atoms with Crippen LogP contribution in [-0.4, -0.2) is 24.8 Å². The highest BCUT2D eigenvalue weighted by atomic mass is 32.2. The van der Waals surface area contributed by atoms with E-state index >= 15 is 0 Å². The molecule has 36 heavy (non-hydrogen) atoms. The van der Waals surface area contributed by atoms with Crippen LogP contribution in [0.5, 0.6) is 0 Å². The third kappa shape index (κ3) is 3.81. The number of hydrogen-bond donors (Lipinski definition) is 2. The number of rotatable bonds is 3. The Labute approximate surface area is 209 Å². The van der Waals surface area contributed by atoms with Crippen molar-refractivity contribution in [3.8, 4) is 0 Å². The molecule has 0 spiro atoms. The van der Waals surface area contributed by atoms with Gasteiger partial charge >= 0.3 is 0 Å². The molecule has 0 fully saturated rings. The van der Waals surface area contributed by atoms with Gasteiger partial charge in [-0.2, -0.15) is 8.42 Å². The Morgan fingerprint density at radius 3 is 2.17 bits per heavy atom. The van der Waals surface area contributed by atoms with Gasteiger partial charge in [0.15, 0.2) is 0 Å². The van der Waals surface area contributed by atoms with E-state index < -0.39 is 14.9 Å². The number of amides is 2. The van der Waals surface area contributed by atoms with E-state index in [2.05, 4.69) is 36.2 Å². The van der Waals surface area contributed by atoms with Gasteiger partial charge in [0.05, 0.1) is 11.1 Å². The molecule has 0 radical (unpaired) electrons. The summed E-state index contributed by atoms with van der Waals surface area (Å²) in [6.07, 6.45) is 3.78. The normalized spacial score (nSPS) is 18.7. The Balaban J connectivity index is 0.000000202. The maximum Gasteiger partial charge on any atom is 0.275 e. The molecule has 0 aromatic heterocycles. The van der Waals surface area contributed by atoms with Crippen molar-refractivity contribution in [1.29, 1.82) is 0 Å². The highest BCUT2D eigenvalue weighted by Crippen LogP contribution is 2.46. The molecule has 4 aromatic rings. The van der Waals surface area contributed by atoms with Crippen molar-refractivity contribution < 1.29 is 22.6 Å². The second-order valence-corrected chi connectivity index (χ2v) is 10.8. The van der Waals surface area contributed by atoms with E-state index in [4.69, 9.17) is 0 Å². The number of benzene rings is 4. The van der Waals surface area contributed by atoms with Crippen LogP contribution in [-0.2, 0) is 21.3 Å². The molecule has 1 heterocycles. The quantitative estimate of drug-likeness (QED) is 0.166. The molecule has 7 heteroatoms. The van der Waals surface area contributed by atoms with Crippen molar-refractivity contribution in [2.45, 2.75) is 30.4 Å². The molecule has 1 unspecified atom stereocenters. The van der Waals surface area contributed by atoms with Crippen molar-refractivity contribution in [2.75, 3.05) is 0 Å². The summed E-state index contributed by atoms with van der Waals surface area (Å²) in [5, 5.41) is 6.73. The summed E-state index contributed by atoms with van der Waals surface area (Å²) in [6.45, 7) is 3.71. The van der Waals surface area contributed by atoms with Gasteiger partial charge in [0.25, 0.3) is 21.9 Å². The molecule has 2 amide bonds. The summed E-state index contributed by atoms with van der Waals surface area (Å²) in [5.41, 5.74) is 2.70. The first-order chi connectivity index (χ1) is 17.3. The van der Waals surface area contributed by atoms with Gasteiger partial charge in [0.1, 0.15) is 4.75 Å². The maximum absolute atomic E-state index is 12.3. The number of carbonyl (C=O) groups excluding carboxylic acids is 2. The number of allylic oxidation sites excluding steroid dienone is 1. The first-order valence-corrected chi connectivity index (χ1v) is 13.2. The Hall–Kier alpha value is -3.81. The molecule has 1 aliphatic heterocycles. The zero-order valence-electron chi connectivity index (χ0n) is 19.5. The summed E-state index contributed by atoms with van der Waals surface area (Å²) < 4.78 is 33.4. The van der Waals surface area contributed by atoms with Crippen LogP contribution in [0, 0.1) is 0 Å². The SMILES string of the molecule is C=CCC1(S(=O)(=O)O)CCCc2c1ccc1c2ccc2ccccc21.O=C1NC(=O)c2ccccc21. The van der Waals surface area contributed by atoms with E-state index in [9.17, 15) is 22.6 Å². The molecule has 0 saturated carbocycles. The highest BCUT2D eigenvalue weighted by molar-refractivity contribution is 7.86. The standard InChI is InChI=1S/C21H20O3S.C8H5NO2/c1-2-13-21(25(22,23)24)14-5-8-19-18-10-9-15-6-3-4-7-16(15)17(18)11-12-20(19)21;10-7-5-3-1-2-4-6(5)8(11)9-7/h2-4,6-7,9-12H,1,5,8,13-14H2,(H,22,23,24);1-4H,(H,9,10,11). The Bertz CT molecular complexity index is 1620. The number of carbonyl (C=O) groups is 2. The van der Waals surface area contributed by atoms with Gasteiger partial charge in [-0.1, -0.05) is 66.7 Å². The van der Waals surface area contributed by atoms with Crippen molar-refractivity contribution in [1.82, 2.24) is 5.32 Å². The summed E-state index contributed by atoms with van der Waals surface area (Å²) in [7, 11) is -4.25. The first-order valence-electron chi connectivity index (χ1n) is 11.7. The van der Waals surface area contributed by atoms with E-state index in [1.54, 1.807) is 30.3 Å². The minimum Gasteiger partial charge on any atom is -0.288 e. The van der Waals surface area contributed by atoms with Crippen LogP contribution in [0.1, 0.15) is 51.1 Å². The molecule has 6 rings (SSSR count). The third-order valence-corrected chi connectivity index (χ3v) is 8.73. The van der Waals surface area contributed by atoms with Gasteiger partial charge in [-0.25, -0.2) is 0 Å². The maximum atomic E-state index is 12.3. The van der Waals surface area contributed by atoms with Gasteiger partial charge < -0.3 is 0 Å².